The largest absolute Gasteiger partial charge is 0.339 e. The molecular formula is C19H36F2N4O2S2. The number of halogens is 2. The predicted molar refractivity (Wildman–Crippen MR) is 117 cm³/mol. The van der Waals surface area contributed by atoms with Crippen LogP contribution >= 0.6 is 0 Å². The van der Waals surface area contributed by atoms with Gasteiger partial charge in [0.05, 0.1) is 13.1 Å². The van der Waals surface area contributed by atoms with Crippen LogP contribution in [0.5, 0.6) is 0 Å². The van der Waals surface area contributed by atoms with Crippen molar-refractivity contribution in [2.24, 2.45) is 0 Å². The summed E-state index contributed by atoms with van der Waals surface area (Å²) in [6.45, 7) is 12.1. The molecule has 2 rings (SSSR count). The zero-order chi connectivity index (χ0) is 21.8. The minimum atomic E-state index is -2.92. The lowest BCUT2D eigenvalue weighted by Crippen LogP contribution is -2.61. The second kappa shape index (κ2) is 10.9. The third-order valence-corrected chi connectivity index (χ3v) is 6.52. The van der Waals surface area contributed by atoms with Crippen molar-refractivity contribution in [2.75, 3.05) is 65.2 Å². The Labute approximate surface area is 181 Å². The molecule has 0 N–H and O–H groups in total. The fourth-order valence-corrected chi connectivity index (χ4v) is 4.68. The SMILES string of the molecule is CC(C)N1CCN(C(=O)CN2C(C)CN(CC(F)(F)COS(C)=S)CC2C)CC1. The summed E-state index contributed by atoms with van der Waals surface area (Å²) in [5.41, 5.74) is 0. The first-order valence-electron chi connectivity index (χ1n) is 10.3. The predicted octanol–water partition coefficient (Wildman–Crippen LogP) is 1.21. The molecule has 0 spiro atoms. The van der Waals surface area contributed by atoms with Gasteiger partial charge in [0.2, 0.25) is 5.91 Å². The van der Waals surface area contributed by atoms with E-state index in [0.717, 1.165) is 26.2 Å². The van der Waals surface area contributed by atoms with Gasteiger partial charge in [-0.2, -0.15) is 0 Å². The smallest absolute Gasteiger partial charge is 0.284 e. The van der Waals surface area contributed by atoms with Crippen LogP contribution in [0.3, 0.4) is 0 Å². The molecule has 0 bridgehead atoms. The van der Waals surface area contributed by atoms with Crippen LogP contribution in [0.2, 0.25) is 0 Å². The van der Waals surface area contributed by atoms with E-state index in [1.54, 1.807) is 11.2 Å². The Hall–Kier alpha value is -0.260. The number of amides is 1. The van der Waals surface area contributed by atoms with Crippen molar-refractivity contribution >= 4 is 26.8 Å². The van der Waals surface area contributed by atoms with E-state index >= 15 is 0 Å². The van der Waals surface area contributed by atoms with E-state index in [0.29, 0.717) is 25.7 Å². The first-order valence-corrected chi connectivity index (χ1v) is 12.8. The van der Waals surface area contributed by atoms with Crippen LogP contribution in [0.15, 0.2) is 0 Å². The van der Waals surface area contributed by atoms with Gasteiger partial charge in [-0.25, -0.2) is 8.78 Å². The molecule has 0 aromatic heterocycles. The molecule has 0 aliphatic carbocycles. The summed E-state index contributed by atoms with van der Waals surface area (Å²) in [5, 5.41) is 0. The van der Waals surface area contributed by atoms with E-state index in [1.165, 1.54) is 0 Å². The molecule has 3 atom stereocenters. The van der Waals surface area contributed by atoms with Gasteiger partial charge in [0, 0.05) is 73.4 Å². The average molecular weight is 455 g/mol. The monoisotopic (exact) mass is 454 g/mol. The molecule has 2 heterocycles. The number of nitrogens with zero attached hydrogens (tertiary/aromatic N) is 4. The zero-order valence-corrected chi connectivity index (χ0v) is 19.9. The summed E-state index contributed by atoms with van der Waals surface area (Å²) in [4.78, 5) is 21.0. The number of hydrogen-bond acceptors (Lipinski definition) is 6. The van der Waals surface area contributed by atoms with Crippen molar-refractivity contribution in [3.8, 4) is 0 Å². The van der Waals surface area contributed by atoms with Gasteiger partial charge in [0.1, 0.15) is 6.61 Å². The van der Waals surface area contributed by atoms with Crippen LogP contribution in [-0.4, -0.2) is 115 Å². The summed E-state index contributed by atoms with van der Waals surface area (Å²) in [6.07, 6.45) is 1.61. The Morgan fingerprint density at radius 3 is 2.21 bits per heavy atom. The van der Waals surface area contributed by atoms with Crippen molar-refractivity contribution < 1.29 is 17.8 Å². The molecule has 0 radical (unpaired) electrons. The van der Waals surface area contributed by atoms with Gasteiger partial charge < -0.3 is 9.08 Å². The van der Waals surface area contributed by atoms with Gasteiger partial charge in [0.15, 0.2) is 0 Å². The Balaban J connectivity index is 1.84. The summed E-state index contributed by atoms with van der Waals surface area (Å²) in [7, 11) is -0.871. The first kappa shape index (κ1) is 25.0. The summed E-state index contributed by atoms with van der Waals surface area (Å²) < 4.78 is 33.3. The topological polar surface area (TPSA) is 39.3 Å². The normalized spacial score (nSPS) is 26.8. The van der Waals surface area contributed by atoms with Gasteiger partial charge >= 0.3 is 0 Å². The van der Waals surface area contributed by atoms with Crippen molar-refractivity contribution in [1.29, 1.82) is 0 Å². The molecule has 2 aliphatic heterocycles. The zero-order valence-electron chi connectivity index (χ0n) is 18.3. The molecule has 29 heavy (non-hydrogen) atoms. The highest BCUT2D eigenvalue weighted by molar-refractivity contribution is 8.25. The summed E-state index contributed by atoms with van der Waals surface area (Å²) >= 11 is 4.83. The lowest BCUT2D eigenvalue weighted by Gasteiger charge is -2.45. The second-order valence-corrected chi connectivity index (χ2v) is 11.0. The maximum atomic E-state index is 14.2. The van der Waals surface area contributed by atoms with E-state index < -0.39 is 22.3 Å². The van der Waals surface area contributed by atoms with E-state index in [4.69, 9.17) is 15.4 Å². The number of carbonyl (C=O) groups is 1. The molecule has 170 valence electrons. The number of carbonyl (C=O) groups excluding carboxylic acids is 1. The fraction of sp³-hybridized carbons (Fsp3) is 0.947. The number of piperazine rings is 2. The fourth-order valence-electron chi connectivity index (χ4n) is 4.19. The molecule has 0 aromatic rings. The molecule has 0 aromatic carbocycles. The van der Waals surface area contributed by atoms with Crippen LogP contribution in [-0.2, 0) is 29.9 Å². The highest BCUT2D eigenvalue weighted by atomic mass is 32.8. The standard InChI is InChI=1S/C19H36F2N4O2S2/c1-15(2)23-6-8-24(9-7-23)18(26)12-25-16(3)10-22(11-17(25)4)13-19(20,21)14-27-29(5)28/h15-17H,6-14H2,1-5H3. The van der Waals surface area contributed by atoms with Crippen LogP contribution in [0.4, 0.5) is 8.78 Å². The van der Waals surface area contributed by atoms with Gasteiger partial charge in [-0.3, -0.25) is 19.5 Å². The third kappa shape index (κ3) is 7.74. The van der Waals surface area contributed by atoms with Gasteiger partial charge in [-0.15, -0.1) is 0 Å². The highest BCUT2D eigenvalue weighted by Crippen LogP contribution is 2.22. The van der Waals surface area contributed by atoms with Gasteiger partial charge in [-0.1, -0.05) is 0 Å². The van der Waals surface area contributed by atoms with Crippen LogP contribution in [0, 0.1) is 0 Å². The molecule has 2 saturated heterocycles. The average Bonchev–Trinajstić information content (AvgIpc) is 2.62. The molecule has 10 heteroatoms. The van der Waals surface area contributed by atoms with Crippen LogP contribution in [0.25, 0.3) is 0 Å². The number of hydrogen-bond donors (Lipinski definition) is 0. The minimum absolute atomic E-state index is 0.0381. The minimum Gasteiger partial charge on any atom is -0.339 e. The van der Waals surface area contributed by atoms with E-state index in [-0.39, 0.29) is 24.5 Å². The Morgan fingerprint density at radius 2 is 1.72 bits per heavy atom. The molecule has 3 unspecified atom stereocenters. The molecule has 6 nitrogen and oxygen atoms in total. The molecule has 2 fully saturated rings. The van der Waals surface area contributed by atoms with Gasteiger partial charge in [0.25, 0.3) is 5.92 Å². The van der Waals surface area contributed by atoms with E-state index in [9.17, 15) is 13.6 Å². The molecule has 0 saturated carbocycles. The molecule has 1 amide bonds. The van der Waals surface area contributed by atoms with Crippen LogP contribution < -0.4 is 0 Å². The van der Waals surface area contributed by atoms with E-state index in [1.807, 2.05) is 18.7 Å². The summed E-state index contributed by atoms with van der Waals surface area (Å²) in [6, 6.07) is 0.575. The molecular weight excluding hydrogens is 418 g/mol. The summed E-state index contributed by atoms with van der Waals surface area (Å²) in [5.74, 6) is -2.78. The lowest BCUT2D eigenvalue weighted by atomic mass is 10.1. The highest BCUT2D eigenvalue weighted by Gasteiger charge is 2.38. The van der Waals surface area contributed by atoms with Gasteiger partial charge in [-0.05, 0) is 38.9 Å². The lowest BCUT2D eigenvalue weighted by molar-refractivity contribution is -0.137. The van der Waals surface area contributed by atoms with Crippen molar-refractivity contribution in [1.82, 2.24) is 19.6 Å². The Kier molecular flexibility index (Phi) is 9.36. The quantitative estimate of drug-likeness (QED) is 0.549. The van der Waals surface area contributed by atoms with E-state index in [2.05, 4.69) is 23.6 Å². The van der Waals surface area contributed by atoms with Crippen molar-refractivity contribution in [3.05, 3.63) is 0 Å². The van der Waals surface area contributed by atoms with Crippen molar-refractivity contribution in [2.45, 2.75) is 51.7 Å². The second-order valence-electron chi connectivity index (χ2n) is 8.59. The molecule has 2 aliphatic rings. The Bertz CT molecular complexity index is 562. The maximum absolute atomic E-state index is 14.2. The number of rotatable bonds is 8. The maximum Gasteiger partial charge on any atom is 0.284 e. The van der Waals surface area contributed by atoms with Crippen molar-refractivity contribution in [3.63, 3.8) is 0 Å². The number of alkyl halides is 2. The Morgan fingerprint density at radius 1 is 1.17 bits per heavy atom. The first-order chi connectivity index (χ1) is 13.5. The van der Waals surface area contributed by atoms with Crippen LogP contribution in [0.1, 0.15) is 27.7 Å². The third-order valence-electron chi connectivity index (χ3n) is 5.78.